The number of piperidine rings is 1. The van der Waals surface area contributed by atoms with Gasteiger partial charge in [-0.05, 0) is 62.7 Å². The molecule has 0 saturated carbocycles. The summed E-state index contributed by atoms with van der Waals surface area (Å²) in [6, 6.07) is 7.46. The summed E-state index contributed by atoms with van der Waals surface area (Å²) in [6.45, 7) is 4.24. The summed E-state index contributed by atoms with van der Waals surface area (Å²) in [5.74, 6) is -1.20. The Morgan fingerprint density at radius 3 is 2.55 bits per heavy atom. The lowest BCUT2D eigenvalue weighted by molar-refractivity contribution is -0.118. The minimum atomic E-state index is -0.634. The predicted octanol–water partition coefficient (Wildman–Crippen LogP) is 1.32. The van der Waals surface area contributed by atoms with Crippen molar-refractivity contribution in [1.29, 1.82) is 0 Å². The Morgan fingerprint density at radius 2 is 1.85 bits per heavy atom. The van der Waals surface area contributed by atoms with E-state index in [0.29, 0.717) is 37.4 Å². The number of nitrogens with one attached hydrogen (secondary N) is 3. The highest BCUT2D eigenvalue weighted by Crippen LogP contribution is 2.18. The minimum absolute atomic E-state index is 0.00806. The number of carbonyl (C=O) groups is 3. The summed E-state index contributed by atoms with van der Waals surface area (Å²) in [5.41, 5.74) is 5.79. The number of nitrogens with zero attached hydrogens (tertiary/aromatic N) is 2. The molecule has 12 nitrogen and oxygen atoms in total. The summed E-state index contributed by atoms with van der Waals surface area (Å²) < 4.78 is 10.9. The third kappa shape index (κ3) is 7.81. The first-order valence-electron chi connectivity index (χ1n) is 13.3. The quantitative estimate of drug-likeness (QED) is 0.307. The number of carbonyl (C=O) groups excluding carboxylic acids is 3. The van der Waals surface area contributed by atoms with Crippen molar-refractivity contribution >= 4 is 40.9 Å². The number of esters is 1. The fourth-order valence-corrected chi connectivity index (χ4v) is 5.07. The highest BCUT2D eigenvalue weighted by molar-refractivity contribution is 6.33. The molecule has 5 N–H and O–H groups in total. The maximum Gasteiger partial charge on any atom is 0.338 e. The largest absolute Gasteiger partial charge is 0.461 e. The molecule has 2 aromatic rings. The molecule has 4 rings (SSSR count). The number of nitrogens with two attached hydrogens (primary N) is 1. The van der Waals surface area contributed by atoms with E-state index in [0.717, 1.165) is 19.6 Å². The lowest BCUT2D eigenvalue weighted by Gasteiger charge is -2.37. The molecular weight excluding hydrogens is 540 g/mol. The van der Waals surface area contributed by atoms with Gasteiger partial charge in [0.15, 0.2) is 0 Å². The summed E-state index contributed by atoms with van der Waals surface area (Å²) in [7, 11) is 1.53. The molecule has 0 radical (unpaired) electrons. The highest BCUT2D eigenvalue weighted by atomic mass is 35.5. The van der Waals surface area contributed by atoms with Crippen molar-refractivity contribution in [3.8, 4) is 0 Å². The molecule has 2 aliphatic heterocycles. The van der Waals surface area contributed by atoms with Crippen molar-refractivity contribution in [2.24, 2.45) is 0 Å². The number of pyridine rings is 1. The summed E-state index contributed by atoms with van der Waals surface area (Å²) in [5, 5.41) is 5.75. The molecule has 0 spiro atoms. The second-order valence-corrected chi connectivity index (χ2v) is 10.4. The molecule has 216 valence electrons. The SMILES string of the molecule is CO[C@H]1CN(CC(=O)Nc2ccc(C(=O)OCCN3CCCC3)cc2)CC[C@H]1NC(=O)c1cc(Cl)c(N)[nH]c1=O. The maximum absolute atomic E-state index is 12.7. The summed E-state index contributed by atoms with van der Waals surface area (Å²) >= 11 is 5.95. The topological polar surface area (TPSA) is 159 Å². The van der Waals surface area contributed by atoms with Gasteiger partial charge in [-0.15, -0.1) is 0 Å². The average Bonchev–Trinajstić information content (AvgIpc) is 3.45. The van der Waals surface area contributed by atoms with Crippen LogP contribution in [0.5, 0.6) is 0 Å². The van der Waals surface area contributed by atoms with Gasteiger partial charge in [0, 0.05) is 32.4 Å². The Labute approximate surface area is 237 Å². The Morgan fingerprint density at radius 1 is 1.12 bits per heavy atom. The Balaban J connectivity index is 1.23. The second-order valence-electron chi connectivity index (χ2n) is 9.96. The fourth-order valence-electron chi connectivity index (χ4n) is 4.91. The van der Waals surface area contributed by atoms with Gasteiger partial charge in [0.2, 0.25) is 5.91 Å². The minimum Gasteiger partial charge on any atom is -0.461 e. The standard InChI is InChI=1S/C27H35ClN6O6/c1-39-22-15-34(11-8-21(22)31-25(36)19-14-20(28)24(29)32-26(19)37)16-23(35)30-18-6-4-17(5-7-18)27(38)40-13-12-33-9-2-3-10-33/h4-7,14,21-22H,2-3,8-13,15-16H2,1H3,(H,30,35)(H,31,36)(H3,29,32,37)/t21-,22+/m1/s1. The molecule has 2 atom stereocenters. The molecule has 2 saturated heterocycles. The Hall–Kier alpha value is -3.45. The monoisotopic (exact) mass is 574 g/mol. The van der Waals surface area contributed by atoms with Crippen LogP contribution in [0.25, 0.3) is 0 Å². The maximum atomic E-state index is 12.7. The Kier molecular flexibility index (Phi) is 10.2. The molecule has 40 heavy (non-hydrogen) atoms. The first kappa shape index (κ1) is 29.5. The molecular formula is C27H35ClN6O6. The normalized spacial score (nSPS) is 19.8. The number of halogens is 1. The lowest BCUT2D eigenvalue weighted by Crippen LogP contribution is -2.56. The van der Waals surface area contributed by atoms with Gasteiger partial charge in [-0.1, -0.05) is 11.6 Å². The van der Waals surface area contributed by atoms with Crippen LogP contribution in [-0.4, -0.2) is 97.7 Å². The van der Waals surface area contributed by atoms with Crippen molar-refractivity contribution in [2.45, 2.75) is 31.4 Å². The van der Waals surface area contributed by atoms with Crippen LogP contribution in [0.15, 0.2) is 35.1 Å². The van der Waals surface area contributed by atoms with Gasteiger partial charge < -0.3 is 30.8 Å². The van der Waals surface area contributed by atoms with Gasteiger partial charge in [0.05, 0.1) is 29.3 Å². The highest BCUT2D eigenvalue weighted by Gasteiger charge is 2.32. The molecule has 2 aliphatic rings. The molecule has 2 amide bonds. The van der Waals surface area contributed by atoms with Gasteiger partial charge in [-0.3, -0.25) is 24.2 Å². The average molecular weight is 575 g/mol. The number of amides is 2. The van der Waals surface area contributed by atoms with Gasteiger partial charge in [0.1, 0.15) is 18.0 Å². The number of hydrogen-bond donors (Lipinski definition) is 4. The number of aromatic nitrogens is 1. The number of methoxy groups -OCH3 is 1. The molecule has 2 fully saturated rings. The zero-order valence-corrected chi connectivity index (χ0v) is 23.2. The molecule has 0 unspecified atom stereocenters. The fraction of sp³-hybridized carbons (Fsp3) is 0.481. The van der Waals surface area contributed by atoms with Gasteiger partial charge in [-0.2, -0.15) is 0 Å². The lowest BCUT2D eigenvalue weighted by atomic mass is 10.0. The number of ether oxygens (including phenoxy) is 2. The van der Waals surface area contributed by atoms with Crippen LogP contribution in [-0.2, 0) is 14.3 Å². The van der Waals surface area contributed by atoms with E-state index in [1.54, 1.807) is 24.3 Å². The first-order valence-corrected chi connectivity index (χ1v) is 13.6. The van der Waals surface area contributed by atoms with E-state index in [-0.39, 0.29) is 40.9 Å². The molecule has 0 bridgehead atoms. The van der Waals surface area contributed by atoms with Crippen LogP contribution in [0.1, 0.15) is 40.0 Å². The number of benzene rings is 1. The Bertz CT molecular complexity index is 1260. The van der Waals surface area contributed by atoms with E-state index in [9.17, 15) is 19.2 Å². The number of hydrogen-bond acceptors (Lipinski definition) is 9. The van der Waals surface area contributed by atoms with Crippen molar-refractivity contribution in [1.82, 2.24) is 20.1 Å². The van der Waals surface area contributed by atoms with Crippen LogP contribution < -0.4 is 21.9 Å². The number of likely N-dealkylation sites (tertiary alicyclic amines) is 2. The van der Waals surface area contributed by atoms with Crippen LogP contribution >= 0.6 is 11.6 Å². The number of nitrogen functional groups attached to an aromatic ring is 1. The summed E-state index contributed by atoms with van der Waals surface area (Å²) in [6.07, 6.45) is 2.49. The van der Waals surface area contributed by atoms with E-state index in [4.69, 9.17) is 26.8 Å². The van der Waals surface area contributed by atoms with Crippen LogP contribution in [0.2, 0.25) is 5.02 Å². The predicted molar refractivity (Wildman–Crippen MR) is 151 cm³/mol. The van der Waals surface area contributed by atoms with Gasteiger partial charge in [-0.25, -0.2) is 4.79 Å². The van der Waals surface area contributed by atoms with Crippen molar-refractivity contribution in [2.75, 3.05) is 64.0 Å². The van der Waals surface area contributed by atoms with Gasteiger partial charge in [0.25, 0.3) is 11.5 Å². The van der Waals surface area contributed by atoms with Crippen LogP contribution in [0.4, 0.5) is 11.5 Å². The zero-order valence-electron chi connectivity index (χ0n) is 22.4. The van der Waals surface area contributed by atoms with Crippen molar-refractivity contribution in [3.63, 3.8) is 0 Å². The molecule has 1 aromatic carbocycles. The van der Waals surface area contributed by atoms with Crippen LogP contribution in [0, 0.1) is 0 Å². The van der Waals surface area contributed by atoms with E-state index in [1.165, 1.54) is 26.0 Å². The van der Waals surface area contributed by atoms with E-state index in [1.807, 2.05) is 4.90 Å². The van der Waals surface area contributed by atoms with E-state index >= 15 is 0 Å². The third-order valence-corrected chi connectivity index (χ3v) is 7.45. The van der Waals surface area contributed by atoms with E-state index < -0.39 is 17.6 Å². The van der Waals surface area contributed by atoms with E-state index in [2.05, 4.69) is 20.5 Å². The number of rotatable bonds is 10. The van der Waals surface area contributed by atoms with Gasteiger partial charge >= 0.3 is 5.97 Å². The molecule has 1 aromatic heterocycles. The second kappa shape index (κ2) is 13.8. The number of anilines is 2. The first-order chi connectivity index (χ1) is 19.2. The van der Waals surface area contributed by atoms with Crippen molar-refractivity contribution in [3.05, 3.63) is 56.8 Å². The zero-order chi connectivity index (χ0) is 28.6. The molecule has 13 heteroatoms. The van der Waals surface area contributed by atoms with Crippen LogP contribution in [0.3, 0.4) is 0 Å². The number of H-pyrrole nitrogens is 1. The van der Waals surface area contributed by atoms with Crippen molar-refractivity contribution < 1.29 is 23.9 Å². The molecule has 0 aliphatic carbocycles. The smallest absolute Gasteiger partial charge is 0.338 e. The number of aromatic amines is 1. The molecule has 3 heterocycles. The third-order valence-electron chi connectivity index (χ3n) is 7.14. The summed E-state index contributed by atoms with van der Waals surface area (Å²) in [4.78, 5) is 56.3.